The smallest absolute Gasteiger partial charge is 0.336 e. The van der Waals surface area contributed by atoms with Gasteiger partial charge in [0.05, 0.1) is 22.5 Å². The normalized spacial score (nSPS) is 18.1. The van der Waals surface area contributed by atoms with Crippen molar-refractivity contribution in [3.05, 3.63) is 75.4 Å². The second-order valence-corrected chi connectivity index (χ2v) is 9.59. The molecule has 3 aromatic rings. The topological polar surface area (TPSA) is 84.6 Å². The van der Waals surface area contributed by atoms with Gasteiger partial charge in [-0.3, -0.25) is 23.5 Å². The molecule has 5 rings (SSSR count). The average molecular weight is 479 g/mol. The first-order valence-corrected chi connectivity index (χ1v) is 12.7. The minimum Gasteiger partial charge on any atom is -0.341 e. The van der Waals surface area contributed by atoms with Gasteiger partial charge in [-0.25, -0.2) is 4.79 Å². The predicted molar refractivity (Wildman–Crippen MR) is 132 cm³/mol. The molecule has 2 amide bonds. The van der Waals surface area contributed by atoms with E-state index in [1.54, 1.807) is 40.9 Å². The predicted octanol–water partition coefficient (Wildman–Crippen LogP) is 2.07. The van der Waals surface area contributed by atoms with E-state index in [2.05, 4.69) is 0 Å². The molecule has 2 aliphatic heterocycles. The number of thioether (sulfide) groups is 1. The molecule has 2 saturated heterocycles. The third-order valence-corrected chi connectivity index (χ3v) is 7.52. The van der Waals surface area contributed by atoms with Gasteiger partial charge < -0.3 is 9.80 Å². The number of benzene rings is 2. The van der Waals surface area contributed by atoms with E-state index >= 15 is 0 Å². The van der Waals surface area contributed by atoms with Gasteiger partial charge in [0.1, 0.15) is 6.04 Å². The van der Waals surface area contributed by atoms with Crippen LogP contribution in [0.15, 0.2) is 64.2 Å². The van der Waals surface area contributed by atoms with Crippen LogP contribution in [0.4, 0.5) is 0 Å². The van der Waals surface area contributed by atoms with Gasteiger partial charge in [0.25, 0.3) is 5.56 Å². The summed E-state index contributed by atoms with van der Waals surface area (Å²) in [6.45, 7) is 1.45. The Kier molecular flexibility index (Phi) is 6.28. The van der Waals surface area contributed by atoms with Crippen LogP contribution < -0.4 is 11.2 Å². The minimum atomic E-state index is -0.483. The van der Waals surface area contributed by atoms with Gasteiger partial charge in [-0.15, -0.1) is 11.8 Å². The number of fused-ring (bicyclic) bond motifs is 1. The van der Waals surface area contributed by atoms with Gasteiger partial charge in [-0.1, -0.05) is 30.3 Å². The number of hydrogen-bond acceptors (Lipinski definition) is 5. The molecular formula is C25H26N4O4S. The highest BCUT2D eigenvalue weighted by molar-refractivity contribution is 7.99. The Hall–Kier alpha value is -3.33. The lowest BCUT2D eigenvalue weighted by Gasteiger charge is -2.27. The summed E-state index contributed by atoms with van der Waals surface area (Å²) in [6.07, 6.45) is 1.98. The monoisotopic (exact) mass is 478 g/mol. The lowest BCUT2D eigenvalue weighted by Crippen LogP contribution is -2.48. The zero-order valence-corrected chi connectivity index (χ0v) is 19.6. The van der Waals surface area contributed by atoms with Crippen molar-refractivity contribution >= 4 is 34.5 Å². The number of aromatic nitrogens is 2. The van der Waals surface area contributed by atoms with E-state index < -0.39 is 17.3 Å². The first kappa shape index (κ1) is 22.5. The van der Waals surface area contributed by atoms with Gasteiger partial charge in [0.2, 0.25) is 11.8 Å². The Labute approximate surface area is 200 Å². The van der Waals surface area contributed by atoms with Crippen molar-refractivity contribution in [2.45, 2.75) is 31.8 Å². The molecule has 176 valence electrons. The molecule has 1 aromatic heterocycles. The van der Waals surface area contributed by atoms with E-state index in [1.165, 1.54) is 4.57 Å². The van der Waals surface area contributed by atoms with E-state index in [0.29, 0.717) is 28.2 Å². The molecule has 0 spiro atoms. The highest BCUT2D eigenvalue weighted by Gasteiger charge is 2.37. The lowest BCUT2D eigenvalue weighted by atomic mass is 10.2. The average Bonchev–Trinajstić information content (AvgIpc) is 3.57. The van der Waals surface area contributed by atoms with E-state index in [9.17, 15) is 19.2 Å². The Morgan fingerprint density at radius 3 is 2.41 bits per heavy atom. The van der Waals surface area contributed by atoms with Gasteiger partial charge in [-0.05, 0) is 37.1 Å². The Morgan fingerprint density at radius 2 is 1.65 bits per heavy atom. The summed E-state index contributed by atoms with van der Waals surface area (Å²) in [5, 5.41) is 0.414. The third-order valence-electron chi connectivity index (χ3n) is 6.51. The van der Waals surface area contributed by atoms with Crippen LogP contribution in [0.3, 0.4) is 0 Å². The maximum absolute atomic E-state index is 13.4. The van der Waals surface area contributed by atoms with Gasteiger partial charge in [0, 0.05) is 31.8 Å². The van der Waals surface area contributed by atoms with E-state index in [4.69, 9.17) is 0 Å². The second kappa shape index (κ2) is 9.50. The molecule has 0 radical (unpaired) electrons. The number of hydrogen-bond donors (Lipinski definition) is 0. The molecule has 3 heterocycles. The van der Waals surface area contributed by atoms with Crippen LogP contribution in [0.25, 0.3) is 16.6 Å². The highest BCUT2D eigenvalue weighted by Crippen LogP contribution is 2.25. The summed E-state index contributed by atoms with van der Waals surface area (Å²) in [6, 6.07) is 15.7. The molecule has 0 N–H and O–H groups in total. The number of carbonyl (C=O) groups is 2. The molecule has 2 aromatic carbocycles. The molecule has 8 nitrogen and oxygen atoms in total. The number of carbonyl (C=O) groups excluding carboxylic acids is 2. The zero-order valence-electron chi connectivity index (χ0n) is 18.8. The lowest BCUT2D eigenvalue weighted by molar-refractivity contribution is -0.142. The van der Waals surface area contributed by atoms with Crippen molar-refractivity contribution in [1.82, 2.24) is 18.9 Å². The Morgan fingerprint density at radius 1 is 0.941 bits per heavy atom. The quantitative estimate of drug-likeness (QED) is 0.561. The number of para-hydroxylation sites is 2. The molecule has 0 unspecified atom stereocenters. The van der Waals surface area contributed by atoms with Crippen molar-refractivity contribution in [2.75, 3.05) is 24.7 Å². The fourth-order valence-corrected chi connectivity index (χ4v) is 5.89. The fraction of sp³-hybridized carbons (Fsp3) is 0.360. The summed E-state index contributed by atoms with van der Waals surface area (Å²) in [4.78, 5) is 56.0. The molecule has 0 aliphatic carbocycles. The summed E-state index contributed by atoms with van der Waals surface area (Å²) < 4.78 is 2.64. The Bertz CT molecular complexity index is 1340. The maximum Gasteiger partial charge on any atom is 0.336 e. The largest absolute Gasteiger partial charge is 0.341 e. The van der Waals surface area contributed by atoms with Crippen molar-refractivity contribution in [1.29, 1.82) is 0 Å². The SMILES string of the molecule is O=C([C@@H]1CSCN1C(=O)CCn1c(=O)c2ccccc2n(-c2ccccc2)c1=O)N1CCCC1. The number of likely N-dealkylation sites (tertiary alicyclic amines) is 1. The minimum absolute atomic E-state index is 0.00477. The highest BCUT2D eigenvalue weighted by atomic mass is 32.2. The van der Waals surface area contributed by atoms with E-state index in [-0.39, 0.29) is 24.8 Å². The fourth-order valence-electron chi connectivity index (χ4n) is 4.72. The summed E-state index contributed by atoms with van der Waals surface area (Å²) in [7, 11) is 0. The van der Waals surface area contributed by atoms with Crippen LogP contribution in [0.1, 0.15) is 19.3 Å². The van der Waals surface area contributed by atoms with Crippen LogP contribution in [-0.2, 0) is 16.1 Å². The van der Waals surface area contributed by atoms with Gasteiger partial charge in [0.15, 0.2) is 0 Å². The first-order chi connectivity index (χ1) is 16.6. The Balaban J connectivity index is 1.43. The zero-order chi connectivity index (χ0) is 23.7. The maximum atomic E-state index is 13.4. The molecule has 34 heavy (non-hydrogen) atoms. The van der Waals surface area contributed by atoms with Crippen molar-refractivity contribution < 1.29 is 9.59 Å². The summed E-state index contributed by atoms with van der Waals surface area (Å²) >= 11 is 1.56. The van der Waals surface area contributed by atoms with Gasteiger partial charge >= 0.3 is 5.69 Å². The standard InChI is InChI=1S/C25H26N4O4S/c30-22(28-17-34-16-21(28)24(32)26-13-6-7-14-26)12-15-27-23(31)19-10-4-5-11-20(19)29(25(27)33)18-8-2-1-3-9-18/h1-5,8-11,21H,6-7,12-17H2/t21-/m0/s1. The van der Waals surface area contributed by atoms with Gasteiger partial charge in [-0.2, -0.15) is 0 Å². The van der Waals surface area contributed by atoms with Crippen LogP contribution in [0.2, 0.25) is 0 Å². The second-order valence-electron chi connectivity index (χ2n) is 8.59. The molecule has 2 aliphatic rings. The molecular weight excluding hydrogens is 452 g/mol. The number of amides is 2. The van der Waals surface area contributed by atoms with Crippen LogP contribution in [0.5, 0.6) is 0 Å². The molecule has 9 heteroatoms. The first-order valence-electron chi connectivity index (χ1n) is 11.5. The molecule has 0 bridgehead atoms. The summed E-state index contributed by atoms with van der Waals surface area (Å²) in [5.74, 6) is 0.820. The van der Waals surface area contributed by atoms with E-state index in [0.717, 1.165) is 30.5 Å². The third kappa shape index (κ3) is 4.04. The van der Waals surface area contributed by atoms with Crippen LogP contribution in [-0.4, -0.2) is 61.5 Å². The van der Waals surface area contributed by atoms with Crippen LogP contribution >= 0.6 is 11.8 Å². The van der Waals surface area contributed by atoms with Crippen LogP contribution in [0, 0.1) is 0 Å². The van der Waals surface area contributed by atoms with Crippen molar-refractivity contribution in [3.8, 4) is 5.69 Å². The molecule has 2 fully saturated rings. The van der Waals surface area contributed by atoms with Crippen molar-refractivity contribution in [2.24, 2.45) is 0 Å². The van der Waals surface area contributed by atoms with Crippen molar-refractivity contribution in [3.63, 3.8) is 0 Å². The number of rotatable bonds is 5. The van der Waals surface area contributed by atoms with E-state index in [1.807, 2.05) is 35.2 Å². The molecule has 0 saturated carbocycles. The summed E-state index contributed by atoms with van der Waals surface area (Å²) in [5.41, 5.74) is 0.277. The molecule has 1 atom stereocenters. The number of nitrogens with zero attached hydrogens (tertiary/aromatic N) is 4.